The molecule has 1 N–H and O–H groups in total. The second-order valence-electron chi connectivity index (χ2n) is 5.98. The smallest absolute Gasteiger partial charge is 0.272 e. The molecular weight excluding hydrogens is 364 g/mol. The molecular formula is C16H19ClN4O3S. The highest BCUT2D eigenvalue weighted by molar-refractivity contribution is 7.89. The van der Waals surface area contributed by atoms with E-state index < -0.39 is 10.0 Å². The van der Waals surface area contributed by atoms with Gasteiger partial charge < -0.3 is 4.90 Å². The van der Waals surface area contributed by atoms with Crippen molar-refractivity contribution >= 4 is 27.5 Å². The lowest BCUT2D eigenvalue weighted by Crippen LogP contribution is -2.46. The summed E-state index contributed by atoms with van der Waals surface area (Å²) in [5, 5.41) is 4.49. The van der Waals surface area contributed by atoms with Gasteiger partial charge in [-0.2, -0.15) is 5.10 Å². The quantitative estimate of drug-likeness (QED) is 0.871. The Morgan fingerprint density at radius 3 is 2.40 bits per heavy atom. The number of sulfonamides is 1. The maximum absolute atomic E-state index is 12.4. The lowest BCUT2D eigenvalue weighted by Gasteiger charge is -2.32. The number of aromatic nitrogens is 2. The molecule has 1 fully saturated rings. The zero-order chi connectivity index (χ0) is 18.0. The standard InChI is InChI=1S/C16H19ClN4O3S/c1-20-15(6-9-18-20)16(22)21-10-7-13(8-11-21)19-25(23,24)14-4-2-12(17)3-5-14/h2-6,9,13,19H,7-8,10-11H2,1H3. The highest BCUT2D eigenvalue weighted by Crippen LogP contribution is 2.18. The lowest BCUT2D eigenvalue weighted by molar-refractivity contribution is 0.0700. The molecule has 7 nitrogen and oxygen atoms in total. The fraction of sp³-hybridized carbons (Fsp3) is 0.375. The highest BCUT2D eigenvalue weighted by atomic mass is 35.5. The van der Waals surface area contributed by atoms with Crippen LogP contribution >= 0.6 is 11.6 Å². The number of hydrogen-bond donors (Lipinski definition) is 1. The number of hydrogen-bond acceptors (Lipinski definition) is 4. The average molecular weight is 383 g/mol. The zero-order valence-electron chi connectivity index (χ0n) is 13.7. The Labute approximate surface area is 151 Å². The summed E-state index contributed by atoms with van der Waals surface area (Å²) in [6, 6.07) is 7.53. The molecule has 25 heavy (non-hydrogen) atoms. The molecule has 2 heterocycles. The first-order chi connectivity index (χ1) is 11.9. The molecule has 9 heteroatoms. The minimum Gasteiger partial charge on any atom is -0.337 e. The van der Waals surface area contributed by atoms with Crippen molar-refractivity contribution in [3.63, 3.8) is 0 Å². The molecule has 1 aliphatic heterocycles. The number of benzene rings is 1. The van der Waals surface area contributed by atoms with Gasteiger partial charge in [0, 0.05) is 37.4 Å². The molecule has 0 unspecified atom stereocenters. The lowest BCUT2D eigenvalue weighted by atomic mass is 10.1. The van der Waals surface area contributed by atoms with Gasteiger partial charge in [-0.15, -0.1) is 0 Å². The number of nitrogens with one attached hydrogen (secondary N) is 1. The summed E-state index contributed by atoms with van der Waals surface area (Å²) in [4.78, 5) is 14.4. The van der Waals surface area contributed by atoms with E-state index in [1.807, 2.05) is 0 Å². The molecule has 0 saturated carbocycles. The highest BCUT2D eigenvalue weighted by Gasteiger charge is 2.28. The van der Waals surface area contributed by atoms with E-state index in [9.17, 15) is 13.2 Å². The predicted molar refractivity (Wildman–Crippen MR) is 93.9 cm³/mol. The van der Waals surface area contributed by atoms with E-state index in [-0.39, 0.29) is 16.8 Å². The van der Waals surface area contributed by atoms with Crippen molar-refractivity contribution in [1.29, 1.82) is 0 Å². The van der Waals surface area contributed by atoms with E-state index in [4.69, 9.17) is 11.6 Å². The van der Waals surface area contributed by atoms with Gasteiger partial charge in [-0.1, -0.05) is 11.6 Å². The summed E-state index contributed by atoms with van der Waals surface area (Å²) in [5.74, 6) is -0.0843. The topological polar surface area (TPSA) is 84.3 Å². The van der Waals surface area contributed by atoms with Crippen molar-refractivity contribution in [3.8, 4) is 0 Å². The Morgan fingerprint density at radius 2 is 1.84 bits per heavy atom. The molecule has 1 aliphatic rings. The van der Waals surface area contributed by atoms with Gasteiger partial charge in [0.25, 0.3) is 5.91 Å². The minimum atomic E-state index is -3.59. The first-order valence-electron chi connectivity index (χ1n) is 7.92. The number of aryl methyl sites for hydroxylation is 1. The molecule has 1 saturated heterocycles. The predicted octanol–water partition coefficient (Wildman–Crippen LogP) is 1.66. The molecule has 0 aliphatic carbocycles. The van der Waals surface area contributed by atoms with E-state index in [1.54, 1.807) is 36.3 Å². The summed E-state index contributed by atoms with van der Waals surface area (Å²) in [6.07, 6.45) is 2.72. The van der Waals surface area contributed by atoms with Gasteiger partial charge >= 0.3 is 0 Å². The number of carbonyl (C=O) groups excluding carboxylic acids is 1. The molecule has 0 atom stereocenters. The van der Waals surface area contributed by atoms with Gasteiger partial charge in [0.15, 0.2) is 0 Å². The summed E-state index contributed by atoms with van der Waals surface area (Å²) < 4.78 is 29.1. The summed E-state index contributed by atoms with van der Waals surface area (Å²) in [6.45, 7) is 0.996. The molecule has 3 rings (SSSR count). The second-order valence-corrected chi connectivity index (χ2v) is 8.13. The van der Waals surface area contributed by atoms with Gasteiger partial charge in [0.2, 0.25) is 10.0 Å². The Morgan fingerprint density at radius 1 is 1.20 bits per heavy atom. The Kier molecular flexibility index (Phi) is 5.12. The Hall–Kier alpha value is -1.90. The van der Waals surface area contributed by atoms with Crippen LogP contribution in [0.25, 0.3) is 0 Å². The monoisotopic (exact) mass is 382 g/mol. The largest absolute Gasteiger partial charge is 0.337 e. The molecule has 0 spiro atoms. The van der Waals surface area contributed by atoms with Crippen molar-refractivity contribution in [2.75, 3.05) is 13.1 Å². The number of nitrogens with zero attached hydrogens (tertiary/aromatic N) is 3. The average Bonchev–Trinajstić information content (AvgIpc) is 3.01. The fourth-order valence-corrected chi connectivity index (χ4v) is 4.28. The summed E-state index contributed by atoms with van der Waals surface area (Å²) in [7, 11) is -1.87. The van der Waals surface area contributed by atoms with Crippen molar-refractivity contribution in [2.45, 2.75) is 23.8 Å². The van der Waals surface area contributed by atoms with Crippen LogP contribution in [-0.2, 0) is 17.1 Å². The molecule has 0 bridgehead atoms. The van der Waals surface area contributed by atoms with Crippen LogP contribution in [-0.4, -0.2) is 48.1 Å². The van der Waals surface area contributed by atoms with Gasteiger partial charge in [0.05, 0.1) is 4.90 Å². The first kappa shape index (κ1) is 17.9. The van der Waals surface area contributed by atoms with E-state index in [0.29, 0.717) is 36.6 Å². The summed E-state index contributed by atoms with van der Waals surface area (Å²) >= 11 is 5.79. The SMILES string of the molecule is Cn1nccc1C(=O)N1CCC(NS(=O)(=O)c2ccc(Cl)cc2)CC1. The number of carbonyl (C=O) groups is 1. The number of likely N-dealkylation sites (tertiary alicyclic amines) is 1. The molecule has 2 aromatic rings. The first-order valence-corrected chi connectivity index (χ1v) is 9.78. The summed E-state index contributed by atoms with van der Waals surface area (Å²) in [5.41, 5.74) is 0.528. The van der Waals surface area contributed by atoms with Crippen LogP contribution < -0.4 is 4.72 Å². The third-order valence-electron chi connectivity index (χ3n) is 4.27. The zero-order valence-corrected chi connectivity index (χ0v) is 15.3. The molecule has 0 radical (unpaired) electrons. The third kappa shape index (κ3) is 4.02. The van der Waals surface area contributed by atoms with E-state index in [1.165, 1.54) is 16.8 Å². The number of rotatable bonds is 4. The van der Waals surface area contributed by atoms with E-state index in [0.717, 1.165) is 0 Å². The van der Waals surface area contributed by atoms with E-state index >= 15 is 0 Å². The van der Waals surface area contributed by atoms with Crippen molar-refractivity contribution in [3.05, 3.63) is 47.2 Å². The van der Waals surface area contributed by atoms with Crippen LogP contribution in [0.2, 0.25) is 5.02 Å². The van der Waals surface area contributed by atoms with Crippen molar-refractivity contribution < 1.29 is 13.2 Å². The van der Waals surface area contributed by atoms with Crippen molar-refractivity contribution in [2.24, 2.45) is 7.05 Å². The second kappa shape index (κ2) is 7.15. The van der Waals surface area contributed by atoms with Crippen LogP contribution in [0.4, 0.5) is 0 Å². The van der Waals surface area contributed by atoms with Gasteiger partial charge in [0.1, 0.15) is 5.69 Å². The Bertz CT molecular complexity index is 856. The van der Waals surface area contributed by atoms with Crippen molar-refractivity contribution in [1.82, 2.24) is 19.4 Å². The number of amides is 1. The van der Waals surface area contributed by atoms with Crippen LogP contribution in [0.1, 0.15) is 23.3 Å². The van der Waals surface area contributed by atoms with Crippen LogP contribution in [0.3, 0.4) is 0 Å². The maximum atomic E-state index is 12.4. The van der Waals surface area contributed by atoms with Gasteiger partial charge in [-0.25, -0.2) is 13.1 Å². The van der Waals surface area contributed by atoms with Crippen LogP contribution in [0.5, 0.6) is 0 Å². The fourth-order valence-electron chi connectivity index (χ4n) is 2.85. The minimum absolute atomic E-state index is 0.0843. The van der Waals surface area contributed by atoms with Crippen LogP contribution in [0, 0.1) is 0 Å². The number of piperidine rings is 1. The Balaban J connectivity index is 1.60. The van der Waals surface area contributed by atoms with Crippen LogP contribution in [0.15, 0.2) is 41.4 Å². The van der Waals surface area contributed by atoms with E-state index in [2.05, 4.69) is 9.82 Å². The maximum Gasteiger partial charge on any atom is 0.272 e. The normalized spacial score (nSPS) is 16.2. The molecule has 1 aromatic heterocycles. The van der Waals surface area contributed by atoms with Gasteiger partial charge in [-0.3, -0.25) is 9.48 Å². The third-order valence-corrected chi connectivity index (χ3v) is 6.06. The molecule has 1 aromatic carbocycles. The number of halogens is 1. The van der Waals surface area contributed by atoms with Gasteiger partial charge in [-0.05, 0) is 43.2 Å². The molecule has 134 valence electrons. The molecule has 1 amide bonds.